The second kappa shape index (κ2) is 8.55. The van der Waals surface area contributed by atoms with E-state index in [1.807, 2.05) is 13.8 Å². The Hall–Kier alpha value is -0.910. The minimum absolute atomic E-state index is 0.000425. The summed E-state index contributed by atoms with van der Waals surface area (Å²) in [5.74, 6) is 0.489. The van der Waals surface area contributed by atoms with Crippen LogP contribution in [0.15, 0.2) is 11.6 Å². The maximum Gasteiger partial charge on any atom is 0.312 e. The average Bonchev–Trinajstić information content (AvgIpc) is 2.81. The summed E-state index contributed by atoms with van der Waals surface area (Å²) >= 11 is 0. The lowest BCUT2D eigenvalue weighted by Gasteiger charge is -2.72. The van der Waals surface area contributed by atoms with Crippen molar-refractivity contribution >= 4 is 5.97 Å². The average molecular weight is 531 g/mol. The highest BCUT2D eigenvalue weighted by atomic mass is 16.5. The number of hydrogen-bond donors (Lipinski definition) is 3. The number of esters is 1. The molecule has 0 aliphatic heterocycles. The van der Waals surface area contributed by atoms with Gasteiger partial charge in [0.25, 0.3) is 0 Å². The van der Waals surface area contributed by atoms with Gasteiger partial charge in [0.05, 0.1) is 23.7 Å². The van der Waals surface area contributed by atoms with Crippen LogP contribution >= 0.6 is 0 Å². The predicted octanol–water partition coefficient (Wildman–Crippen LogP) is 6.04. The number of fused-ring (bicyclic) bond motifs is 7. The van der Waals surface area contributed by atoms with E-state index in [9.17, 15) is 20.1 Å². The molecule has 4 fully saturated rings. The van der Waals surface area contributed by atoms with Gasteiger partial charge >= 0.3 is 5.97 Å². The van der Waals surface area contributed by atoms with E-state index in [1.54, 1.807) is 0 Å². The maximum absolute atomic E-state index is 13.8. The first kappa shape index (κ1) is 28.6. The molecule has 0 aromatic rings. The minimum Gasteiger partial charge on any atom is -0.463 e. The number of allylic oxidation sites excluding steroid dienone is 2. The molecule has 0 aromatic carbocycles. The first-order chi connectivity index (χ1) is 17.4. The van der Waals surface area contributed by atoms with Crippen LogP contribution in [-0.4, -0.2) is 45.7 Å². The first-order valence-electron chi connectivity index (χ1n) is 15.3. The van der Waals surface area contributed by atoms with Gasteiger partial charge in [0.1, 0.15) is 6.10 Å². The third kappa shape index (κ3) is 3.49. The van der Waals surface area contributed by atoms with Crippen molar-refractivity contribution in [2.45, 2.75) is 138 Å². The lowest BCUT2D eigenvalue weighted by Crippen LogP contribution is -2.72. The standard InChI is InChI=1S/C33H54O5/c1-19(2)38-27(37)33-16-14-28(3,4)18-21(33)20-10-11-23-31(8,30(20,7)15-17-33)13-12-22-29(5,6)25(35)24(34)26(36)32(22,23)9/h10,19,21-26,34-36H,11-18H2,1-9H3/t21-,22-,23-,24+,25-,26-,30+,31+,32-,33-/m0/s1. The zero-order chi connectivity index (χ0) is 28.3. The van der Waals surface area contributed by atoms with Crippen molar-refractivity contribution in [3.05, 3.63) is 11.6 Å². The number of hydrogen-bond acceptors (Lipinski definition) is 5. The molecule has 216 valence electrons. The van der Waals surface area contributed by atoms with E-state index in [4.69, 9.17) is 4.74 Å². The Balaban J connectivity index is 1.61. The topological polar surface area (TPSA) is 87.0 Å². The van der Waals surface area contributed by atoms with Crippen molar-refractivity contribution < 1.29 is 24.9 Å². The zero-order valence-electron chi connectivity index (χ0n) is 25.4. The number of carbonyl (C=O) groups is 1. The molecule has 5 rings (SSSR count). The molecule has 5 nitrogen and oxygen atoms in total. The van der Waals surface area contributed by atoms with Crippen LogP contribution in [0.25, 0.3) is 0 Å². The number of rotatable bonds is 2. The molecule has 4 saturated carbocycles. The number of aliphatic hydroxyl groups is 3. The van der Waals surface area contributed by atoms with E-state index in [1.165, 1.54) is 5.57 Å². The van der Waals surface area contributed by atoms with E-state index in [-0.39, 0.29) is 46.1 Å². The molecular formula is C33H54O5. The zero-order valence-corrected chi connectivity index (χ0v) is 25.4. The fourth-order valence-corrected chi connectivity index (χ4v) is 11.0. The van der Waals surface area contributed by atoms with Gasteiger partial charge in [-0.3, -0.25) is 4.79 Å². The van der Waals surface area contributed by atoms with Crippen LogP contribution in [0.5, 0.6) is 0 Å². The smallest absolute Gasteiger partial charge is 0.312 e. The molecule has 3 N–H and O–H groups in total. The Labute approximate surface area is 230 Å². The number of carbonyl (C=O) groups excluding carboxylic acids is 1. The van der Waals surface area contributed by atoms with Crippen molar-refractivity contribution in [2.24, 2.45) is 50.2 Å². The second-order valence-electron chi connectivity index (χ2n) is 16.4. The normalized spacial score (nSPS) is 51.1. The molecular weight excluding hydrogens is 476 g/mol. The van der Waals surface area contributed by atoms with Gasteiger partial charge in [0.2, 0.25) is 0 Å². The molecule has 0 unspecified atom stereocenters. The highest BCUT2D eigenvalue weighted by Crippen LogP contribution is 2.75. The molecule has 38 heavy (non-hydrogen) atoms. The van der Waals surface area contributed by atoms with Gasteiger partial charge in [-0.2, -0.15) is 0 Å². The van der Waals surface area contributed by atoms with Crippen molar-refractivity contribution in [1.29, 1.82) is 0 Å². The van der Waals surface area contributed by atoms with E-state index >= 15 is 0 Å². The lowest BCUT2D eigenvalue weighted by molar-refractivity contribution is -0.278. The third-order valence-corrected chi connectivity index (χ3v) is 13.5. The Bertz CT molecular complexity index is 1010. The van der Waals surface area contributed by atoms with Crippen LogP contribution in [0.3, 0.4) is 0 Å². The maximum atomic E-state index is 13.8. The van der Waals surface area contributed by atoms with E-state index < -0.39 is 34.6 Å². The van der Waals surface area contributed by atoms with E-state index in [0.717, 1.165) is 51.4 Å². The fourth-order valence-electron chi connectivity index (χ4n) is 11.0. The Kier molecular flexibility index (Phi) is 6.44. The van der Waals surface area contributed by atoms with Crippen LogP contribution in [-0.2, 0) is 9.53 Å². The molecule has 10 atom stereocenters. The molecule has 0 heterocycles. The third-order valence-electron chi connectivity index (χ3n) is 13.5. The van der Waals surface area contributed by atoms with Gasteiger partial charge < -0.3 is 20.1 Å². The SMILES string of the molecule is CC(C)OC(=O)[C@]12CCC(C)(C)C[C@H]1C1=CC[C@@H]3[C@@]4(C)[C@@H](O)[C@H](O)[C@H](O)C(C)(C)[C@@H]4CC[C@@]3(C)[C@]1(C)CC2. The summed E-state index contributed by atoms with van der Waals surface area (Å²) in [6.07, 6.45) is 6.84. The van der Waals surface area contributed by atoms with Crippen LogP contribution < -0.4 is 0 Å². The van der Waals surface area contributed by atoms with Crippen LogP contribution in [0.1, 0.15) is 114 Å². The van der Waals surface area contributed by atoms with Gasteiger partial charge in [-0.05, 0) is 105 Å². The summed E-state index contributed by atoms with van der Waals surface area (Å²) in [5.41, 5.74) is 0.0552. The molecule has 5 aliphatic carbocycles. The Morgan fingerprint density at radius 1 is 0.895 bits per heavy atom. The Morgan fingerprint density at radius 2 is 1.53 bits per heavy atom. The number of aliphatic hydroxyl groups excluding tert-OH is 3. The van der Waals surface area contributed by atoms with Crippen molar-refractivity contribution in [1.82, 2.24) is 0 Å². The van der Waals surface area contributed by atoms with Crippen LogP contribution in [0, 0.1) is 50.2 Å². The molecule has 0 bridgehead atoms. The molecule has 0 amide bonds. The van der Waals surface area contributed by atoms with Gasteiger partial charge in [-0.25, -0.2) is 0 Å². The van der Waals surface area contributed by atoms with Crippen LogP contribution in [0.4, 0.5) is 0 Å². The molecule has 0 spiro atoms. The molecule has 0 radical (unpaired) electrons. The van der Waals surface area contributed by atoms with Crippen LogP contribution in [0.2, 0.25) is 0 Å². The predicted molar refractivity (Wildman–Crippen MR) is 149 cm³/mol. The summed E-state index contributed by atoms with van der Waals surface area (Å²) in [7, 11) is 0. The summed E-state index contributed by atoms with van der Waals surface area (Å²) in [6, 6.07) is 0. The largest absolute Gasteiger partial charge is 0.463 e. The van der Waals surface area contributed by atoms with Gasteiger partial charge in [0, 0.05) is 5.41 Å². The second-order valence-corrected chi connectivity index (χ2v) is 16.4. The summed E-state index contributed by atoms with van der Waals surface area (Å²) in [4.78, 5) is 13.8. The van der Waals surface area contributed by atoms with Crippen molar-refractivity contribution in [2.75, 3.05) is 0 Å². The summed E-state index contributed by atoms with van der Waals surface area (Å²) in [5, 5.41) is 33.7. The Morgan fingerprint density at radius 3 is 2.16 bits per heavy atom. The highest BCUT2D eigenvalue weighted by molar-refractivity contribution is 5.79. The highest BCUT2D eigenvalue weighted by Gasteiger charge is 2.72. The molecule has 0 saturated heterocycles. The van der Waals surface area contributed by atoms with Crippen molar-refractivity contribution in [3.63, 3.8) is 0 Å². The van der Waals surface area contributed by atoms with Gasteiger partial charge in [-0.1, -0.05) is 60.1 Å². The van der Waals surface area contributed by atoms with Gasteiger partial charge in [-0.15, -0.1) is 0 Å². The van der Waals surface area contributed by atoms with E-state index in [0.29, 0.717) is 0 Å². The summed E-state index contributed by atoms with van der Waals surface area (Å²) in [6.45, 7) is 19.8. The summed E-state index contributed by atoms with van der Waals surface area (Å²) < 4.78 is 5.96. The lowest BCUT2D eigenvalue weighted by atomic mass is 9.33. The van der Waals surface area contributed by atoms with E-state index in [2.05, 4.69) is 54.5 Å². The van der Waals surface area contributed by atoms with Crippen molar-refractivity contribution in [3.8, 4) is 0 Å². The molecule has 5 heteroatoms. The van der Waals surface area contributed by atoms with Gasteiger partial charge in [0.15, 0.2) is 0 Å². The molecule has 0 aromatic heterocycles. The first-order valence-corrected chi connectivity index (χ1v) is 15.3. The monoisotopic (exact) mass is 530 g/mol. The molecule has 5 aliphatic rings. The number of ether oxygens (including phenoxy) is 1. The minimum atomic E-state index is -1.14. The quantitative estimate of drug-likeness (QED) is 0.299. The fraction of sp³-hybridized carbons (Fsp3) is 0.909.